The number of amides is 5. The van der Waals surface area contributed by atoms with Gasteiger partial charge in [0.15, 0.2) is 0 Å². The molecule has 0 aromatic heterocycles. The minimum absolute atomic E-state index is 0.00793. The lowest BCUT2D eigenvalue weighted by Gasteiger charge is -2.27. The molecule has 2 fully saturated rings. The molecule has 2 aliphatic heterocycles. The summed E-state index contributed by atoms with van der Waals surface area (Å²) >= 11 is 0.865. The third-order valence-electron chi connectivity index (χ3n) is 6.46. The number of hydrogen-bond acceptors (Lipinski definition) is 6. The van der Waals surface area contributed by atoms with Crippen molar-refractivity contribution in [1.29, 1.82) is 0 Å². The molecule has 3 atom stereocenters. The van der Waals surface area contributed by atoms with E-state index in [-0.39, 0.29) is 30.8 Å². The number of thioether (sulfide) groups is 1. The third kappa shape index (κ3) is 5.24. The molecule has 35 heavy (non-hydrogen) atoms. The molecular weight excluding hydrogens is 466 g/mol. The SMILES string of the molecule is CC(C)CC(C(=O)NCCN1C(=O)S/C(=C\c2ccccc2)C1=O)N1C(=O)C2CC=CCC2C1=O. The molecule has 1 aliphatic carbocycles. The van der Waals surface area contributed by atoms with Crippen molar-refractivity contribution in [2.24, 2.45) is 17.8 Å². The summed E-state index contributed by atoms with van der Waals surface area (Å²) in [5.74, 6) is -2.15. The van der Waals surface area contributed by atoms with Crippen LogP contribution in [0.15, 0.2) is 47.4 Å². The molecular formula is C26H29N3O5S. The van der Waals surface area contributed by atoms with Crippen LogP contribution in [-0.2, 0) is 19.2 Å². The van der Waals surface area contributed by atoms with E-state index in [0.717, 1.165) is 27.1 Å². The molecule has 9 heteroatoms. The fourth-order valence-corrected chi connectivity index (χ4v) is 5.58. The molecule has 3 aliphatic rings. The zero-order valence-corrected chi connectivity index (χ0v) is 20.6. The van der Waals surface area contributed by atoms with Gasteiger partial charge in [-0.15, -0.1) is 0 Å². The third-order valence-corrected chi connectivity index (χ3v) is 7.36. The summed E-state index contributed by atoms with van der Waals surface area (Å²) in [6.45, 7) is 3.90. The highest BCUT2D eigenvalue weighted by molar-refractivity contribution is 8.18. The fraction of sp³-hybridized carbons (Fsp3) is 0.423. The predicted molar refractivity (Wildman–Crippen MR) is 133 cm³/mol. The maximum Gasteiger partial charge on any atom is 0.293 e. The lowest BCUT2D eigenvalue weighted by molar-refractivity contribution is -0.148. The lowest BCUT2D eigenvalue weighted by Crippen LogP contribution is -2.51. The first kappa shape index (κ1) is 24.9. The highest BCUT2D eigenvalue weighted by Crippen LogP contribution is 2.37. The van der Waals surface area contributed by atoms with E-state index in [0.29, 0.717) is 24.2 Å². The molecule has 0 bridgehead atoms. The number of benzene rings is 1. The number of carbonyl (C=O) groups excluding carboxylic acids is 5. The standard InChI is InChI=1S/C26H29N3O5S/c1-16(2)14-20(29-23(31)18-10-6-7-11-19(18)24(29)32)22(30)27-12-13-28-25(33)21(35-26(28)34)15-17-8-4-3-5-9-17/h3-9,15-16,18-20H,10-14H2,1-2H3,(H,27,30)/b21-15-. The average molecular weight is 496 g/mol. The molecule has 3 unspecified atom stereocenters. The van der Waals surface area contributed by atoms with Crippen LogP contribution in [0.1, 0.15) is 38.7 Å². The van der Waals surface area contributed by atoms with Crippen LogP contribution in [0.25, 0.3) is 6.08 Å². The van der Waals surface area contributed by atoms with Crippen LogP contribution in [0.5, 0.6) is 0 Å². The van der Waals surface area contributed by atoms with Gasteiger partial charge in [-0.1, -0.05) is 56.3 Å². The Morgan fingerprint density at radius 2 is 1.69 bits per heavy atom. The van der Waals surface area contributed by atoms with Gasteiger partial charge in [-0.05, 0) is 48.6 Å². The minimum atomic E-state index is -0.909. The van der Waals surface area contributed by atoms with Crippen LogP contribution in [-0.4, -0.2) is 57.8 Å². The van der Waals surface area contributed by atoms with E-state index in [4.69, 9.17) is 0 Å². The van der Waals surface area contributed by atoms with Crippen molar-refractivity contribution in [3.8, 4) is 0 Å². The quantitative estimate of drug-likeness (QED) is 0.337. The molecule has 184 valence electrons. The lowest BCUT2D eigenvalue weighted by atomic mass is 9.85. The van der Waals surface area contributed by atoms with E-state index in [1.54, 1.807) is 6.08 Å². The van der Waals surface area contributed by atoms with Crippen molar-refractivity contribution in [2.45, 2.75) is 39.2 Å². The monoisotopic (exact) mass is 495 g/mol. The van der Waals surface area contributed by atoms with E-state index in [9.17, 15) is 24.0 Å². The fourth-order valence-electron chi connectivity index (χ4n) is 4.71. The van der Waals surface area contributed by atoms with Crippen LogP contribution in [0.3, 0.4) is 0 Å². The number of hydrogen-bond donors (Lipinski definition) is 1. The summed E-state index contributed by atoms with van der Waals surface area (Å²) in [4.78, 5) is 66.8. The summed E-state index contributed by atoms with van der Waals surface area (Å²) in [6, 6.07) is 8.34. The molecule has 1 N–H and O–H groups in total. The molecule has 2 saturated heterocycles. The van der Waals surface area contributed by atoms with E-state index in [1.165, 1.54) is 0 Å². The second-order valence-electron chi connectivity index (χ2n) is 9.38. The van der Waals surface area contributed by atoms with Crippen LogP contribution >= 0.6 is 11.8 Å². The Bertz CT molecular complexity index is 1070. The molecule has 8 nitrogen and oxygen atoms in total. The molecule has 0 radical (unpaired) electrons. The minimum Gasteiger partial charge on any atom is -0.352 e. The van der Waals surface area contributed by atoms with Gasteiger partial charge in [0, 0.05) is 13.1 Å². The zero-order valence-electron chi connectivity index (χ0n) is 19.8. The smallest absolute Gasteiger partial charge is 0.293 e. The number of likely N-dealkylation sites (tertiary alicyclic amines) is 1. The second kappa shape index (κ2) is 10.6. The normalized spacial score (nSPS) is 24.0. The van der Waals surface area contributed by atoms with E-state index in [2.05, 4.69) is 5.32 Å². The number of nitrogens with one attached hydrogen (secondary N) is 1. The first-order valence-electron chi connectivity index (χ1n) is 11.9. The van der Waals surface area contributed by atoms with Crippen molar-refractivity contribution in [3.05, 3.63) is 53.0 Å². The van der Waals surface area contributed by atoms with Crippen molar-refractivity contribution in [2.75, 3.05) is 13.1 Å². The Morgan fingerprint density at radius 3 is 2.29 bits per heavy atom. The van der Waals surface area contributed by atoms with Crippen LogP contribution in [0.2, 0.25) is 0 Å². The first-order valence-corrected chi connectivity index (χ1v) is 12.7. The average Bonchev–Trinajstić information content (AvgIpc) is 3.25. The molecule has 2 heterocycles. The number of fused-ring (bicyclic) bond motifs is 1. The Kier molecular flexibility index (Phi) is 7.54. The van der Waals surface area contributed by atoms with Gasteiger partial charge in [0.05, 0.1) is 16.7 Å². The molecule has 0 spiro atoms. The van der Waals surface area contributed by atoms with Gasteiger partial charge in [-0.3, -0.25) is 33.8 Å². The maximum absolute atomic E-state index is 13.1. The Balaban J connectivity index is 1.39. The van der Waals surface area contributed by atoms with Crippen molar-refractivity contribution >= 4 is 46.7 Å². The van der Waals surface area contributed by atoms with Gasteiger partial charge >= 0.3 is 0 Å². The van der Waals surface area contributed by atoms with Crippen LogP contribution in [0.4, 0.5) is 4.79 Å². The van der Waals surface area contributed by atoms with Crippen molar-refractivity contribution in [1.82, 2.24) is 15.1 Å². The predicted octanol–water partition coefficient (Wildman–Crippen LogP) is 3.21. The molecule has 4 rings (SSSR count). The Labute approximate surface area is 208 Å². The van der Waals surface area contributed by atoms with Crippen LogP contribution in [0, 0.1) is 17.8 Å². The Hall–Kier alpha value is -3.20. The molecule has 5 amide bonds. The van der Waals surface area contributed by atoms with Gasteiger partial charge in [0.2, 0.25) is 17.7 Å². The van der Waals surface area contributed by atoms with Crippen LogP contribution < -0.4 is 5.32 Å². The first-order chi connectivity index (χ1) is 16.8. The number of allylic oxidation sites excluding steroid dienone is 2. The number of imide groups is 2. The topological polar surface area (TPSA) is 104 Å². The molecule has 0 saturated carbocycles. The highest BCUT2D eigenvalue weighted by Gasteiger charge is 2.51. The van der Waals surface area contributed by atoms with Gasteiger partial charge in [0.1, 0.15) is 6.04 Å². The largest absolute Gasteiger partial charge is 0.352 e. The summed E-state index contributed by atoms with van der Waals surface area (Å²) in [5, 5.41) is 2.35. The van der Waals surface area contributed by atoms with Gasteiger partial charge < -0.3 is 5.32 Å². The number of rotatable bonds is 8. The molecule has 1 aromatic carbocycles. The van der Waals surface area contributed by atoms with Gasteiger partial charge in [-0.2, -0.15) is 0 Å². The summed E-state index contributed by atoms with van der Waals surface area (Å²) < 4.78 is 0. The summed E-state index contributed by atoms with van der Waals surface area (Å²) in [6.07, 6.45) is 6.86. The second-order valence-corrected chi connectivity index (χ2v) is 10.4. The highest BCUT2D eigenvalue weighted by atomic mass is 32.2. The van der Waals surface area contributed by atoms with Gasteiger partial charge in [0.25, 0.3) is 11.1 Å². The Morgan fingerprint density at radius 1 is 1.06 bits per heavy atom. The van der Waals surface area contributed by atoms with E-state index >= 15 is 0 Å². The van der Waals surface area contributed by atoms with Crippen molar-refractivity contribution in [3.63, 3.8) is 0 Å². The summed E-state index contributed by atoms with van der Waals surface area (Å²) in [7, 11) is 0. The van der Waals surface area contributed by atoms with E-state index in [1.807, 2.05) is 56.3 Å². The molecule has 1 aromatic rings. The maximum atomic E-state index is 13.1. The van der Waals surface area contributed by atoms with Crippen molar-refractivity contribution < 1.29 is 24.0 Å². The number of carbonyl (C=O) groups is 5. The van der Waals surface area contributed by atoms with Gasteiger partial charge in [-0.25, -0.2) is 0 Å². The zero-order chi connectivity index (χ0) is 25.1. The van der Waals surface area contributed by atoms with E-state index < -0.39 is 34.9 Å². The summed E-state index contributed by atoms with van der Waals surface area (Å²) in [5.41, 5.74) is 0.818. The number of nitrogens with zero attached hydrogens (tertiary/aromatic N) is 2.